The van der Waals surface area contributed by atoms with Gasteiger partial charge in [-0.15, -0.1) is 0 Å². The van der Waals surface area contributed by atoms with Gasteiger partial charge in [0.05, 0.1) is 12.3 Å². The Balaban J connectivity index is 2.11. The summed E-state index contributed by atoms with van der Waals surface area (Å²) in [6.07, 6.45) is 3.06. The van der Waals surface area contributed by atoms with E-state index in [2.05, 4.69) is 10.1 Å². The Kier molecular flexibility index (Phi) is 9.84. The quantitative estimate of drug-likeness (QED) is 0.276. The van der Waals surface area contributed by atoms with Crippen LogP contribution in [0.5, 0.6) is 11.5 Å². The highest BCUT2D eigenvalue weighted by atomic mass is 19.3. The van der Waals surface area contributed by atoms with Crippen LogP contribution in [-0.2, 0) is 9.59 Å². The lowest BCUT2D eigenvalue weighted by Crippen LogP contribution is -2.37. The molecule has 2 amide bonds. The van der Waals surface area contributed by atoms with Crippen LogP contribution in [0.25, 0.3) is 6.08 Å². The molecule has 0 spiro atoms. The summed E-state index contributed by atoms with van der Waals surface area (Å²) in [7, 11) is 0. The highest BCUT2D eigenvalue weighted by Gasteiger charge is 2.19. The van der Waals surface area contributed by atoms with E-state index in [1.165, 1.54) is 35.3 Å². The molecule has 0 aromatic heterocycles. The van der Waals surface area contributed by atoms with E-state index in [1.54, 1.807) is 13.8 Å². The number of carbonyl (C=O) groups is 2. The Morgan fingerprint density at radius 2 is 1.79 bits per heavy atom. The first kappa shape index (κ1) is 26.6. The molecule has 2 aromatic carbocycles. The molecular formula is C23H23F5N2O4. The SMILES string of the molecule is CCCN(CC(=O)Nc1ccc(F)c(F)c1F)C(=O)/C=C/c1ccc(OC(F)F)c(OCC)c1. The lowest BCUT2D eigenvalue weighted by Gasteiger charge is -2.20. The Hall–Kier alpha value is -3.63. The number of anilines is 1. The predicted molar refractivity (Wildman–Crippen MR) is 115 cm³/mol. The van der Waals surface area contributed by atoms with Crippen LogP contribution in [0.15, 0.2) is 36.4 Å². The van der Waals surface area contributed by atoms with Crippen molar-refractivity contribution >= 4 is 23.6 Å². The summed E-state index contributed by atoms with van der Waals surface area (Å²) in [5.74, 6) is -6.14. The van der Waals surface area contributed by atoms with E-state index in [4.69, 9.17) is 4.74 Å². The standard InChI is InChI=1S/C23H23F5N2O4/c1-3-11-30(13-19(31)29-16-8-7-15(24)21(25)22(16)26)20(32)10-6-14-5-9-17(34-23(27)28)18(12-14)33-4-2/h5-10,12,23H,3-4,11,13H2,1-2H3,(H,29,31)/b10-6+. The number of nitrogens with zero attached hydrogens (tertiary/aromatic N) is 1. The van der Waals surface area contributed by atoms with Crippen molar-refractivity contribution in [2.75, 3.05) is 25.0 Å². The molecule has 0 saturated heterocycles. The van der Waals surface area contributed by atoms with Crippen LogP contribution in [0.3, 0.4) is 0 Å². The van der Waals surface area contributed by atoms with E-state index in [1.807, 2.05) is 0 Å². The van der Waals surface area contributed by atoms with Gasteiger partial charge in [-0.3, -0.25) is 9.59 Å². The Bertz CT molecular complexity index is 1050. The third-order valence-corrected chi connectivity index (χ3v) is 4.35. The van der Waals surface area contributed by atoms with Gasteiger partial charge in [0.25, 0.3) is 0 Å². The first-order valence-corrected chi connectivity index (χ1v) is 10.3. The summed E-state index contributed by atoms with van der Waals surface area (Å²) in [5, 5.41) is 2.11. The molecule has 1 N–H and O–H groups in total. The minimum Gasteiger partial charge on any atom is -0.490 e. The number of nitrogens with one attached hydrogen (secondary N) is 1. The first-order chi connectivity index (χ1) is 16.2. The summed E-state index contributed by atoms with van der Waals surface area (Å²) >= 11 is 0. The van der Waals surface area contributed by atoms with Crippen molar-refractivity contribution in [3.63, 3.8) is 0 Å². The van der Waals surface area contributed by atoms with E-state index < -0.39 is 48.1 Å². The first-order valence-electron chi connectivity index (χ1n) is 10.3. The maximum atomic E-state index is 13.8. The molecular weight excluding hydrogens is 463 g/mol. The highest BCUT2D eigenvalue weighted by molar-refractivity contribution is 5.98. The highest BCUT2D eigenvalue weighted by Crippen LogP contribution is 2.30. The van der Waals surface area contributed by atoms with Crippen molar-refractivity contribution in [2.24, 2.45) is 0 Å². The molecule has 6 nitrogen and oxygen atoms in total. The van der Waals surface area contributed by atoms with Crippen molar-refractivity contribution in [3.05, 3.63) is 59.4 Å². The van der Waals surface area contributed by atoms with Gasteiger partial charge in [0.2, 0.25) is 11.8 Å². The number of halogens is 5. The Labute approximate surface area is 193 Å². The number of benzene rings is 2. The normalized spacial score (nSPS) is 11.1. The summed E-state index contributed by atoms with van der Waals surface area (Å²) < 4.78 is 74.9. The maximum Gasteiger partial charge on any atom is 0.387 e. The van der Waals surface area contributed by atoms with Gasteiger partial charge >= 0.3 is 6.61 Å². The summed E-state index contributed by atoms with van der Waals surface area (Å²) in [6, 6.07) is 5.66. The van der Waals surface area contributed by atoms with Crippen molar-refractivity contribution in [1.82, 2.24) is 4.90 Å². The summed E-state index contributed by atoms with van der Waals surface area (Å²) in [4.78, 5) is 26.0. The zero-order chi connectivity index (χ0) is 25.3. The van der Waals surface area contributed by atoms with Crippen molar-refractivity contribution in [2.45, 2.75) is 26.9 Å². The molecule has 0 heterocycles. The number of alkyl halides is 2. The summed E-state index contributed by atoms with van der Waals surface area (Å²) in [6.45, 7) is 0.313. The lowest BCUT2D eigenvalue weighted by atomic mass is 10.2. The maximum absolute atomic E-state index is 13.8. The van der Waals surface area contributed by atoms with Crippen LogP contribution >= 0.6 is 0 Å². The fourth-order valence-corrected chi connectivity index (χ4v) is 2.89. The van der Waals surface area contributed by atoms with Crippen LogP contribution in [0.1, 0.15) is 25.8 Å². The molecule has 0 atom stereocenters. The Morgan fingerprint density at radius 3 is 2.44 bits per heavy atom. The minimum atomic E-state index is -3.03. The molecule has 34 heavy (non-hydrogen) atoms. The second kappa shape index (κ2) is 12.6. The zero-order valence-electron chi connectivity index (χ0n) is 18.4. The molecule has 0 saturated carbocycles. The van der Waals surface area contributed by atoms with E-state index in [-0.39, 0.29) is 24.7 Å². The summed E-state index contributed by atoms with van der Waals surface area (Å²) in [5.41, 5.74) is -0.110. The largest absolute Gasteiger partial charge is 0.490 e. The molecule has 2 aromatic rings. The van der Waals surface area contributed by atoms with E-state index in [0.29, 0.717) is 18.1 Å². The van der Waals surface area contributed by atoms with Crippen LogP contribution in [-0.4, -0.2) is 43.0 Å². The fourth-order valence-electron chi connectivity index (χ4n) is 2.89. The van der Waals surface area contributed by atoms with Gasteiger partial charge in [-0.1, -0.05) is 13.0 Å². The number of ether oxygens (including phenoxy) is 2. The van der Waals surface area contributed by atoms with E-state index in [0.717, 1.165) is 6.07 Å². The van der Waals surface area contributed by atoms with Gasteiger partial charge in [0.1, 0.15) is 6.54 Å². The number of hydrogen-bond acceptors (Lipinski definition) is 4. The van der Waals surface area contributed by atoms with Crippen molar-refractivity contribution < 1.29 is 41.0 Å². The van der Waals surface area contributed by atoms with Gasteiger partial charge in [0, 0.05) is 12.6 Å². The molecule has 11 heteroatoms. The number of carbonyl (C=O) groups excluding carboxylic acids is 2. The van der Waals surface area contributed by atoms with Gasteiger partial charge in [0.15, 0.2) is 29.0 Å². The van der Waals surface area contributed by atoms with Crippen molar-refractivity contribution in [3.8, 4) is 11.5 Å². The second-order valence-corrected chi connectivity index (χ2v) is 6.88. The minimum absolute atomic E-state index is 0.0655. The van der Waals surface area contributed by atoms with Crippen molar-refractivity contribution in [1.29, 1.82) is 0 Å². The topological polar surface area (TPSA) is 67.9 Å². The zero-order valence-corrected chi connectivity index (χ0v) is 18.4. The van der Waals surface area contributed by atoms with E-state index in [9.17, 15) is 31.5 Å². The molecule has 0 fully saturated rings. The lowest BCUT2D eigenvalue weighted by molar-refractivity contribution is -0.130. The predicted octanol–water partition coefficient (Wildman–Crippen LogP) is 4.99. The van der Waals surface area contributed by atoms with Gasteiger partial charge in [-0.2, -0.15) is 8.78 Å². The van der Waals surface area contributed by atoms with Crippen LogP contribution in [0, 0.1) is 17.5 Å². The van der Waals surface area contributed by atoms with Gasteiger partial charge in [-0.25, -0.2) is 13.2 Å². The third kappa shape index (κ3) is 7.46. The van der Waals surface area contributed by atoms with Gasteiger partial charge < -0.3 is 19.7 Å². The average Bonchev–Trinajstić information content (AvgIpc) is 2.79. The average molecular weight is 486 g/mol. The number of hydrogen-bond donors (Lipinski definition) is 1. The smallest absolute Gasteiger partial charge is 0.387 e. The van der Waals surface area contributed by atoms with Crippen LogP contribution in [0.4, 0.5) is 27.6 Å². The molecule has 0 unspecified atom stereocenters. The monoisotopic (exact) mass is 486 g/mol. The van der Waals surface area contributed by atoms with Crippen LogP contribution in [0.2, 0.25) is 0 Å². The molecule has 0 aliphatic heterocycles. The number of amides is 2. The third-order valence-electron chi connectivity index (χ3n) is 4.35. The van der Waals surface area contributed by atoms with E-state index >= 15 is 0 Å². The fraction of sp³-hybridized carbons (Fsp3) is 0.304. The Morgan fingerprint density at radius 1 is 1.06 bits per heavy atom. The molecule has 0 radical (unpaired) electrons. The molecule has 0 bridgehead atoms. The second-order valence-electron chi connectivity index (χ2n) is 6.88. The van der Waals surface area contributed by atoms with Crippen LogP contribution < -0.4 is 14.8 Å². The number of rotatable bonds is 11. The molecule has 184 valence electrons. The molecule has 2 rings (SSSR count). The van der Waals surface area contributed by atoms with Gasteiger partial charge in [-0.05, 0) is 49.2 Å². The molecule has 0 aliphatic rings. The molecule has 0 aliphatic carbocycles.